The average molecular weight is 278 g/mol. The van der Waals surface area contributed by atoms with Gasteiger partial charge in [0.25, 0.3) is 0 Å². The summed E-state index contributed by atoms with van der Waals surface area (Å²) in [4.78, 5) is 5.82. The zero-order valence-electron chi connectivity index (χ0n) is 10.6. The Morgan fingerprint density at radius 3 is 2.85 bits per heavy atom. The van der Waals surface area contributed by atoms with Crippen molar-refractivity contribution in [3.05, 3.63) is 46.5 Å². The number of aryl methyl sites for hydroxylation is 2. The van der Waals surface area contributed by atoms with E-state index in [9.17, 15) is 0 Å². The second-order valence-corrected chi connectivity index (χ2v) is 5.46. The molecule has 0 saturated heterocycles. The Balaban J connectivity index is 1.94. The molecule has 20 heavy (non-hydrogen) atoms. The summed E-state index contributed by atoms with van der Waals surface area (Å²) in [5, 5.41) is 21.0. The van der Waals surface area contributed by atoms with E-state index in [4.69, 9.17) is 10.5 Å². The summed E-state index contributed by atoms with van der Waals surface area (Å²) in [6.07, 6.45) is 3.41. The molecule has 96 valence electrons. The van der Waals surface area contributed by atoms with Crippen LogP contribution in [0.5, 0.6) is 0 Å². The highest BCUT2D eigenvalue weighted by Gasteiger charge is 2.20. The van der Waals surface area contributed by atoms with Gasteiger partial charge in [-0.1, -0.05) is 24.3 Å². The van der Waals surface area contributed by atoms with Crippen molar-refractivity contribution in [2.75, 3.05) is 5.32 Å². The molecule has 0 atom stereocenters. The number of allylic oxidation sites excluding steroid dienone is 1. The molecule has 0 spiro atoms. The van der Waals surface area contributed by atoms with Gasteiger partial charge in [-0.05, 0) is 18.4 Å². The maximum atomic E-state index is 8.70. The molecule has 1 N–H and O–H groups in total. The fourth-order valence-electron chi connectivity index (χ4n) is 2.23. The van der Waals surface area contributed by atoms with E-state index in [0.29, 0.717) is 0 Å². The van der Waals surface area contributed by atoms with E-state index < -0.39 is 0 Å². The third kappa shape index (κ3) is 2.16. The number of benzene rings is 1. The van der Waals surface area contributed by atoms with E-state index in [1.165, 1.54) is 22.2 Å². The Labute approximate surface area is 120 Å². The first-order valence-corrected chi connectivity index (χ1v) is 6.98. The molecule has 0 aliphatic heterocycles. The van der Waals surface area contributed by atoms with Crippen LogP contribution in [0.15, 0.2) is 36.0 Å². The second-order valence-electron chi connectivity index (χ2n) is 4.37. The molecule has 0 unspecified atom stereocenters. The summed E-state index contributed by atoms with van der Waals surface area (Å²) in [6, 6.07) is 11.9. The predicted molar refractivity (Wildman–Crippen MR) is 77.9 cm³/mol. The smallest absolute Gasteiger partial charge is 0.187 e. The molecular weight excluding hydrogens is 268 g/mol. The van der Waals surface area contributed by atoms with Gasteiger partial charge in [-0.2, -0.15) is 10.5 Å². The SMILES string of the molecule is N#CC(C#N)=CNc1nc2c(s1)CCc1ccccc1-2. The van der Waals surface area contributed by atoms with Crippen LogP contribution in [0.3, 0.4) is 0 Å². The molecule has 2 aromatic rings. The molecule has 1 aromatic heterocycles. The number of aromatic nitrogens is 1. The van der Waals surface area contributed by atoms with Gasteiger partial charge in [-0.25, -0.2) is 4.98 Å². The van der Waals surface area contributed by atoms with Crippen molar-refractivity contribution in [1.82, 2.24) is 4.98 Å². The lowest BCUT2D eigenvalue weighted by Gasteiger charge is -2.13. The van der Waals surface area contributed by atoms with E-state index in [1.54, 1.807) is 11.3 Å². The molecule has 3 rings (SSSR count). The van der Waals surface area contributed by atoms with Crippen molar-refractivity contribution in [3.63, 3.8) is 0 Å². The number of nitrogens with one attached hydrogen (secondary N) is 1. The number of nitriles is 2. The van der Waals surface area contributed by atoms with Gasteiger partial charge in [0, 0.05) is 16.6 Å². The van der Waals surface area contributed by atoms with Gasteiger partial charge in [0.05, 0.1) is 5.69 Å². The van der Waals surface area contributed by atoms with Gasteiger partial charge < -0.3 is 5.32 Å². The highest BCUT2D eigenvalue weighted by atomic mass is 32.1. The number of nitrogens with zero attached hydrogens (tertiary/aromatic N) is 3. The molecule has 0 bridgehead atoms. The van der Waals surface area contributed by atoms with Crippen LogP contribution < -0.4 is 5.32 Å². The highest BCUT2D eigenvalue weighted by molar-refractivity contribution is 7.16. The second kappa shape index (κ2) is 5.16. The van der Waals surface area contributed by atoms with E-state index in [0.717, 1.165) is 23.7 Å². The van der Waals surface area contributed by atoms with Crippen LogP contribution in [0.4, 0.5) is 5.13 Å². The standard InChI is InChI=1S/C15H10N4S/c16-7-10(8-17)9-18-15-19-14-12-4-2-1-3-11(12)5-6-13(14)20-15/h1-4,9H,5-6H2,(H,18,19). The minimum Gasteiger partial charge on any atom is -0.336 e. The molecule has 1 aliphatic carbocycles. The molecule has 5 heteroatoms. The van der Waals surface area contributed by atoms with Crippen LogP contribution in [-0.2, 0) is 12.8 Å². The maximum Gasteiger partial charge on any atom is 0.187 e. The first-order chi connectivity index (χ1) is 9.81. The fraction of sp³-hybridized carbons (Fsp3) is 0.133. The van der Waals surface area contributed by atoms with Crippen LogP contribution in [0.1, 0.15) is 10.4 Å². The first-order valence-electron chi connectivity index (χ1n) is 6.16. The lowest BCUT2D eigenvalue weighted by atomic mass is 9.94. The molecule has 1 aromatic carbocycles. The summed E-state index contributed by atoms with van der Waals surface area (Å²) in [5.74, 6) is 0. The summed E-state index contributed by atoms with van der Waals surface area (Å²) in [5.41, 5.74) is 3.56. The first kappa shape index (κ1) is 12.4. The Kier molecular flexibility index (Phi) is 3.20. The number of hydrogen-bond acceptors (Lipinski definition) is 5. The zero-order chi connectivity index (χ0) is 13.9. The quantitative estimate of drug-likeness (QED) is 0.856. The fourth-order valence-corrected chi connectivity index (χ4v) is 3.18. The number of fused-ring (bicyclic) bond motifs is 3. The minimum atomic E-state index is 0.0403. The average Bonchev–Trinajstić information content (AvgIpc) is 2.92. The lowest BCUT2D eigenvalue weighted by Crippen LogP contribution is -2.01. The van der Waals surface area contributed by atoms with Crippen LogP contribution in [0.25, 0.3) is 11.3 Å². The monoisotopic (exact) mass is 278 g/mol. The third-order valence-electron chi connectivity index (χ3n) is 3.17. The van der Waals surface area contributed by atoms with Crippen LogP contribution in [-0.4, -0.2) is 4.98 Å². The summed E-state index contributed by atoms with van der Waals surface area (Å²) < 4.78 is 0. The largest absolute Gasteiger partial charge is 0.336 e. The molecule has 1 heterocycles. The van der Waals surface area contributed by atoms with Crippen molar-refractivity contribution in [1.29, 1.82) is 10.5 Å². The minimum absolute atomic E-state index is 0.0403. The van der Waals surface area contributed by atoms with Gasteiger partial charge >= 0.3 is 0 Å². The normalized spacial score (nSPS) is 11.5. The predicted octanol–water partition coefficient (Wildman–Crippen LogP) is 3.25. The Morgan fingerprint density at radius 1 is 1.25 bits per heavy atom. The van der Waals surface area contributed by atoms with Crippen molar-refractivity contribution in [3.8, 4) is 23.4 Å². The van der Waals surface area contributed by atoms with Crippen molar-refractivity contribution in [2.45, 2.75) is 12.8 Å². The molecule has 0 amide bonds. The van der Waals surface area contributed by atoms with Crippen molar-refractivity contribution in [2.24, 2.45) is 0 Å². The van der Waals surface area contributed by atoms with Crippen LogP contribution in [0.2, 0.25) is 0 Å². The van der Waals surface area contributed by atoms with Gasteiger partial charge in [-0.3, -0.25) is 0 Å². The molecule has 0 fully saturated rings. The number of rotatable bonds is 2. The molecule has 1 aliphatic rings. The Morgan fingerprint density at radius 2 is 2.05 bits per heavy atom. The maximum absolute atomic E-state index is 8.70. The summed E-state index contributed by atoms with van der Waals surface area (Å²) in [7, 11) is 0. The third-order valence-corrected chi connectivity index (χ3v) is 4.22. The van der Waals surface area contributed by atoms with Gasteiger partial charge in [0.1, 0.15) is 17.7 Å². The van der Waals surface area contributed by atoms with Crippen molar-refractivity contribution < 1.29 is 0 Å². The van der Waals surface area contributed by atoms with Crippen LogP contribution >= 0.6 is 11.3 Å². The number of thiazole rings is 1. The van der Waals surface area contributed by atoms with Gasteiger partial charge in [0.2, 0.25) is 0 Å². The Bertz CT molecular complexity index is 758. The molecule has 4 nitrogen and oxygen atoms in total. The summed E-state index contributed by atoms with van der Waals surface area (Å²) >= 11 is 1.58. The van der Waals surface area contributed by atoms with E-state index in [1.807, 2.05) is 24.3 Å². The zero-order valence-corrected chi connectivity index (χ0v) is 11.4. The lowest BCUT2D eigenvalue weighted by molar-refractivity contribution is 0.955. The topological polar surface area (TPSA) is 72.5 Å². The van der Waals surface area contributed by atoms with Crippen molar-refractivity contribution >= 4 is 16.5 Å². The van der Waals surface area contributed by atoms with E-state index in [2.05, 4.69) is 22.4 Å². The molecule has 0 radical (unpaired) electrons. The highest BCUT2D eigenvalue weighted by Crippen LogP contribution is 2.37. The van der Waals surface area contributed by atoms with E-state index in [-0.39, 0.29) is 5.57 Å². The van der Waals surface area contributed by atoms with E-state index >= 15 is 0 Å². The molecule has 0 saturated carbocycles. The number of hydrogen-bond donors (Lipinski definition) is 1. The number of anilines is 1. The molecular formula is C15H10N4S. The van der Waals surface area contributed by atoms with Crippen LogP contribution in [0, 0.1) is 22.7 Å². The summed E-state index contributed by atoms with van der Waals surface area (Å²) in [6.45, 7) is 0. The van der Waals surface area contributed by atoms with Gasteiger partial charge in [0.15, 0.2) is 5.13 Å². The van der Waals surface area contributed by atoms with Gasteiger partial charge in [-0.15, -0.1) is 11.3 Å². The Hall–Kier alpha value is -2.63.